The Kier molecular flexibility index (Phi) is 7.86. The van der Waals surface area contributed by atoms with Gasteiger partial charge in [0.25, 0.3) is 0 Å². The van der Waals surface area contributed by atoms with Gasteiger partial charge in [0.15, 0.2) is 0 Å². The quantitative estimate of drug-likeness (QED) is 0.424. The monoisotopic (exact) mass is 492 g/mol. The molecule has 3 rings (SSSR count). The molecule has 0 saturated heterocycles. The van der Waals surface area contributed by atoms with E-state index < -0.39 is 16.6 Å². The van der Waals surface area contributed by atoms with Crippen molar-refractivity contribution in [1.29, 1.82) is 0 Å². The fourth-order valence-corrected chi connectivity index (χ4v) is 4.40. The van der Waals surface area contributed by atoms with Crippen molar-refractivity contribution < 1.29 is 32.0 Å². The molecule has 0 radical (unpaired) electrons. The minimum Gasteiger partial charge on any atom is -0.435 e. The maximum Gasteiger partial charge on any atom is 0.387 e. The number of quaternary nitrogens is 1. The number of nitrogens with zero attached hydrogens (tertiary/aromatic N) is 1. The van der Waals surface area contributed by atoms with Crippen LogP contribution in [0.15, 0.2) is 59.5 Å². The van der Waals surface area contributed by atoms with E-state index in [9.17, 15) is 22.0 Å². The molecule has 0 spiro atoms. The number of Topliss-reactive ketones (excluding diaryl/α,β-unsaturated/α-hetero) is 1. The molecular formula is C24H28F2N3O4S+. The van der Waals surface area contributed by atoms with E-state index in [1.54, 1.807) is 24.3 Å². The molecule has 3 aromatic rings. The summed E-state index contributed by atoms with van der Waals surface area (Å²) >= 11 is 0. The number of aromatic nitrogens is 1. The van der Waals surface area contributed by atoms with E-state index in [-0.39, 0.29) is 22.5 Å². The number of carbonyl (C=O) groups is 1. The first-order chi connectivity index (χ1) is 16.0. The van der Waals surface area contributed by atoms with Gasteiger partial charge in [0.1, 0.15) is 11.8 Å². The van der Waals surface area contributed by atoms with E-state index >= 15 is 0 Å². The van der Waals surface area contributed by atoms with Crippen LogP contribution >= 0.6 is 0 Å². The number of carbonyl (C=O) groups excluding carboxylic acids is 1. The third-order valence-corrected chi connectivity index (χ3v) is 6.56. The Balaban J connectivity index is 1.65. The van der Waals surface area contributed by atoms with Gasteiger partial charge in [0, 0.05) is 29.1 Å². The van der Waals surface area contributed by atoms with Crippen molar-refractivity contribution in [2.45, 2.75) is 44.7 Å². The summed E-state index contributed by atoms with van der Waals surface area (Å²) < 4.78 is 53.8. The molecule has 34 heavy (non-hydrogen) atoms. The Morgan fingerprint density at radius 1 is 1.09 bits per heavy atom. The lowest BCUT2D eigenvalue weighted by atomic mass is 10.1. The molecule has 0 saturated carbocycles. The summed E-state index contributed by atoms with van der Waals surface area (Å²) in [4.78, 5) is 13.2. The topological polar surface area (TPSA) is 108 Å². The number of hydrogen-bond acceptors (Lipinski definition) is 4. The molecule has 0 fully saturated rings. The van der Waals surface area contributed by atoms with Crippen LogP contribution in [0.4, 0.5) is 8.78 Å². The summed E-state index contributed by atoms with van der Waals surface area (Å²) in [5, 5.41) is 7.06. The molecule has 0 bridgehead atoms. The van der Waals surface area contributed by atoms with Crippen LogP contribution < -0.4 is 15.2 Å². The predicted octanol–water partition coefficient (Wildman–Crippen LogP) is 2.72. The van der Waals surface area contributed by atoms with Crippen molar-refractivity contribution in [2.24, 2.45) is 5.14 Å². The normalized spacial score (nSPS) is 12.7. The Bertz CT molecular complexity index is 1250. The summed E-state index contributed by atoms with van der Waals surface area (Å²) in [6.45, 7) is 3.33. The SMILES string of the molecule is Cc1cc(C(=O)[C@@H](C)[NH2+]CCc2ccc(S(N)(=O)=O)cc2)c(C)n1-c1ccc(OC(F)F)cc1. The lowest BCUT2D eigenvalue weighted by Gasteiger charge is -2.12. The fourth-order valence-electron chi connectivity index (χ4n) is 3.88. The molecule has 0 amide bonds. The number of ketones is 1. The minimum absolute atomic E-state index is 0.0124. The van der Waals surface area contributed by atoms with Gasteiger partial charge in [0.2, 0.25) is 15.8 Å². The van der Waals surface area contributed by atoms with Crippen molar-refractivity contribution in [3.8, 4) is 11.4 Å². The average molecular weight is 493 g/mol. The zero-order valence-electron chi connectivity index (χ0n) is 19.2. The second-order valence-corrected chi connectivity index (χ2v) is 9.67. The second-order valence-electron chi connectivity index (χ2n) is 8.11. The van der Waals surface area contributed by atoms with Crippen LogP contribution in [0.1, 0.15) is 34.2 Å². The van der Waals surface area contributed by atoms with Gasteiger partial charge in [0.05, 0.1) is 11.4 Å². The Hall–Kier alpha value is -3.08. The molecule has 1 atom stereocenters. The van der Waals surface area contributed by atoms with Crippen molar-refractivity contribution >= 4 is 15.8 Å². The molecule has 10 heteroatoms. The number of primary sulfonamides is 1. The molecule has 0 aliphatic carbocycles. The van der Waals surface area contributed by atoms with Gasteiger partial charge >= 0.3 is 6.61 Å². The Morgan fingerprint density at radius 2 is 1.71 bits per heavy atom. The molecule has 2 aromatic carbocycles. The standard InChI is InChI=1S/C24H27F2N3O4S/c1-15-14-22(17(3)29(15)19-6-8-20(9-7-19)33-24(25)26)23(30)16(2)28-13-12-18-4-10-21(11-5-18)34(27,31)32/h4-11,14,16,24,28H,12-13H2,1-3H3,(H2,27,31,32)/p+1/t16-/m1/s1. The number of hydrogen-bond donors (Lipinski definition) is 2. The van der Waals surface area contributed by atoms with Crippen LogP contribution in [0, 0.1) is 13.8 Å². The number of nitrogens with two attached hydrogens (primary N) is 2. The molecule has 1 heterocycles. The van der Waals surface area contributed by atoms with Crippen molar-refractivity contribution in [1.82, 2.24) is 4.57 Å². The highest BCUT2D eigenvalue weighted by molar-refractivity contribution is 7.89. The van der Waals surface area contributed by atoms with Gasteiger partial charge in [-0.05, 0) is 68.8 Å². The third-order valence-electron chi connectivity index (χ3n) is 5.64. The zero-order chi connectivity index (χ0) is 25.0. The van der Waals surface area contributed by atoms with Gasteiger partial charge < -0.3 is 14.6 Å². The molecule has 4 N–H and O–H groups in total. The van der Waals surface area contributed by atoms with Crippen molar-refractivity contribution in [3.63, 3.8) is 0 Å². The first-order valence-corrected chi connectivity index (χ1v) is 12.3. The first-order valence-electron chi connectivity index (χ1n) is 10.7. The summed E-state index contributed by atoms with van der Waals surface area (Å²) in [5.41, 5.74) is 3.91. The molecule has 182 valence electrons. The number of aryl methyl sites for hydroxylation is 1. The fraction of sp³-hybridized carbons (Fsp3) is 0.292. The van der Waals surface area contributed by atoms with Gasteiger partial charge in [-0.25, -0.2) is 13.6 Å². The highest BCUT2D eigenvalue weighted by Crippen LogP contribution is 2.24. The number of ether oxygens (including phenoxy) is 1. The molecule has 1 aromatic heterocycles. The highest BCUT2D eigenvalue weighted by atomic mass is 32.2. The van der Waals surface area contributed by atoms with Crippen LogP contribution in [-0.2, 0) is 16.4 Å². The Labute approximate surface area is 197 Å². The van der Waals surface area contributed by atoms with Gasteiger partial charge in [-0.15, -0.1) is 0 Å². The smallest absolute Gasteiger partial charge is 0.387 e. The van der Waals surface area contributed by atoms with E-state index in [1.807, 2.05) is 36.7 Å². The van der Waals surface area contributed by atoms with E-state index in [0.29, 0.717) is 18.5 Å². The third kappa shape index (κ3) is 6.07. The Morgan fingerprint density at radius 3 is 2.26 bits per heavy atom. The van der Waals surface area contributed by atoms with Crippen LogP contribution in [0.25, 0.3) is 5.69 Å². The van der Waals surface area contributed by atoms with E-state index in [4.69, 9.17) is 5.14 Å². The van der Waals surface area contributed by atoms with Crippen LogP contribution in [0.5, 0.6) is 5.75 Å². The van der Waals surface area contributed by atoms with Crippen LogP contribution in [0.2, 0.25) is 0 Å². The molecule has 7 nitrogen and oxygen atoms in total. The number of sulfonamides is 1. The molecule has 0 aliphatic rings. The summed E-state index contributed by atoms with van der Waals surface area (Å²) in [6, 6.07) is 14.2. The number of rotatable bonds is 10. The summed E-state index contributed by atoms with van der Waals surface area (Å²) in [7, 11) is -3.72. The lowest BCUT2D eigenvalue weighted by Crippen LogP contribution is -2.91. The molecule has 0 unspecified atom stereocenters. The zero-order valence-corrected chi connectivity index (χ0v) is 20.0. The van der Waals surface area contributed by atoms with Crippen molar-refractivity contribution in [3.05, 3.63) is 77.1 Å². The average Bonchev–Trinajstić information content (AvgIpc) is 3.07. The maximum absolute atomic E-state index is 13.1. The van der Waals surface area contributed by atoms with Gasteiger partial charge in [-0.3, -0.25) is 4.79 Å². The number of alkyl halides is 2. The maximum atomic E-state index is 13.1. The predicted molar refractivity (Wildman–Crippen MR) is 124 cm³/mol. The van der Waals surface area contributed by atoms with E-state index in [0.717, 1.165) is 22.6 Å². The summed E-state index contributed by atoms with van der Waals surface area (Å²) in [6.07, 6.45) is 0.661. The van der Waals surface area contributed by atoms with Crippen molar-refractivity contribution in [2.75, 3.05) is 6.54 Å². The minimum atomic E-state index is -3.72. The molecular weight excluding hydrogens is 464 g/mol. The largest absolute Gasteiger partial charge is 0.435 e. The highest BCUT2D eigenvalue weighted by Gasteiger charge is 2.23. The van der Waals surface area contributed by atoms with Gasteiger partial charge in [-0.1, -0.05) is 12.1 Å². The lowest BCUT2D eigenvalue weighted by molar-refractivity contribution is -0.671. The van der Waals surface area contributed by atoms with Crippen LogP contribution in [-0.4, -0.2) is 38.0 Å². The summed E-state index contributed by atoms with van der Waals surface area (Å²) in [5.74, 6) is 0.0570. The number of benzene rings is 2. The van der Waals surface area contributed by atoms with Crippen LogP contribution in [0.3, 0.4) is 0 Å². The first kappa shape index (κ1) is 25.5. The van der Waals surface area contributed by atoms with Gasteiger partial charge in [-0.2, -0.15) is 8.78 Å². The van der Waals surface area contributed by atoms with E-state index in [1.165, 1.54) is 24.3 Å². The van der Waals surface area contributed by atoms with E-state index in [2.05, 4.69) is 4.74 Å². The molecule has 0 aliphatic heterocycles. The number of halogens is 2. The second kappa shape index (κ2) is 10.5.